The quantitative estimate of drug-likeness (QED) is 0.844. The van der Waals surface area contributed by atoms with E-state index < -0.39 is 0 Å². The zero-order valence-corrected chi connectivity index (χ0v) is 12.8. The van der Waals surface area contributed by atoms with Crippen molar-refractivity contribution in [1.29, 1.82) is 0 Å². The number of nitrogens with two attached hydrogens (primary N) is 1. The molecule has 0 bridgehead atoms. The van der Waals surface area contributed by atoms with Crippen LogP contribution >= 0.6 is 12.4 Å². The Labute approximate surface area is 122 Å². The molecule has 3 nitrogen and oxygen atoms in total. The molecule has 1 unspecified atom stereocenters. The van der Waals surface area contributed by atoms with Gasteiger partial charge in [0.15, 0.2) is 0 Å². The Bertz CT molecular complexity index is 377. The third-order valence-electron chi connectivity index (χ3n) is 2.87. The van der Waals surface area contributed by atoms with E-state index in [1.54, 1.807) is 0 Å². The summed E-state index contributed by atoms with van der Waals surface area (Å²) >= 11 is 0. The third-order valence-corrected chi connectivity index (χ3v) is 2.87. The van der Waals surface area contributed by atoms with Crippen LogP contribution < -0.4 is 11.1 Å². The van der Waals surface area contributed by atoms with Gasteiger partial charge in [-0.15, -0.1) is 12.4 Å². The molecule has 1 atom stereocenters. The molecule has 0 aliphatic rings. The van der Waals surface area contributed by atoms with Crippen LogP contribution in [0.15, 0.2) is 30.3 Å². The van der Waals surface area contributed by atoms with Crippen LogP contribution in [0.3, 0.4) is 0 Å². The Hall–Kier alpha value is -1.06. The number of halogens is 1. The number of amides is 1. The van der Waals surface area contributed by atoms with Crippen LogP contribution in [0.1, 0.15) is 39.2 Å². The number of carbonyl (C=O) groups excluding carboxylic acids is 1. The second-order valence-corrected chi connectivity index (χ2v) is 5.60. The van der Waals surface area contributed by atoms with Gasteiger partial charge in [0.05, 0.1) is 0 Å². The highest BCUT2D eigenvalue weighted by Gasteiger charge is 2.20. The van der Waals surface area contributed by atoms with Crippen molar-refractivity contribution in [2.75, 3.05) is 0 Å². The summed E-state index contributed by atoms with van der Waals surface area (Å²) in [6.07, 6.45) is 2.27. The van der Waals surface area contributed by atoms with Gasteiger partial charge in [0.25, 0.3) is 0 Å². The Morgan fingerprint density at radius 1 is 1.32 bits per heavy atom. The first kappa shape index (κ1) is 17.9. The van der Waals surface area contributed by atoms with Gasteiger partial charge in [-0.05, 0) is 39.2 Å². The molecule has 1 aromatic rings. The van der Waals surface area contributed by atoms with Crippen molar-refractivity contribution < 1.29 is 4.79 Å². The molecule has 4 heteroatoms. The Morgan fingerprint density at radius 3 is 2.42 bits per heavy atom. The van der Waals surface area contributed by atoms with E-state index >= 15 is 0 Å². The molecule has 0 spiro atoms. The monoisotopic (exact) mass is 284 g/mol. The lowest BCUT2D eigenvalue weighted by Gasteiger charge is -2.27. The van der Waals surface area contributed by atoms with Crippen molar-refractivity contribution in [2.24, 2.45) is 5.73 Å². The van der Waals surface area contributed by atoms with Crippen molar-refractivity contribution in [3.05, 3.63) is 35.9 Å². The molecule has 3 N–H and O–H groups in total. The minimum absolute atomic E-state index is 0. The molecule has 1 amide bonds. The van der Waals surface area contributed by atoms with E-state index in [9.17, 15) is 4.79 Å². The van der Waals surface area contributed by atoms with Crippen LogP contribution in [0.5, 0.6) is 0 Å². The highest BCUT2D eigenvalue weighted by molar-refractivity contribution is 5.85. The highest BCUT2D eigenvalue weighted by atomic mass is 35.5. The molecular formula is C15H25ClN2O. The first-order valence-corrected chi connectivity index (χ1v) is 6.49. The maximum Gasteiger partial charge on any atom is 0.221 e. The summed E-state index contributed by atoms with van der Waals surface area (Å²) in [5.41, 5.74) is 6.72. The molecule has 0 fully saturated rings. The number of nitrogens with one attached hydrogen (secondary N) is 1. The lowest BCUT2D eigenvalue weighted by Crippen LogP contribution is -2.45. The van der Waals surface area contributed by atoms with Gasteiger partial charge in [-0.3, -0.25) is 4.79 Å². The second-order valence-electron chi connectivity index (χ2n) is 5.60. The third kappa shape index (κ3) is 7.85. The molecular weight excluding hydrogens is 260 g/mol. The van der Waals surface area contributed by atoms with E-state index in [4.69, 9.17) is 5.73 Å². The van der Waals surface area contributed by atoms with Gasteiger partial charge < -0.3 is 11.1 Å². The lowest BCUT2D eigenvalue weighted by molar-refractivity contribution is -0.123. The summed E-state index contributed by atoms with van der Waals surface area (Å²) in [5, 5.41) is 3.04. The first-order valence-electron chi connectivity index (χ1n) is 6.49. The summed E-state index contributed by atoms with van der Waals surface area (Å²) in [5.74, 6) is 0.0306. The predicted octanol–water partition coefficient (Wildman–Crippen LogP) is 2.67. The fourth-order valence-electron chi connectivity index (χ4n) is 1.88. The number of hydrogen-bond donors (Lipinski definition) is 2. The van der Waals surface area contributed by atoms with Crippen molar-refractivity contribution in [3.63, 3.8) is 0 Å². The average Bonchev–Trinajstić information content (AvgIpc) is 2.26. The number of carbonyl (C=O) groups is 1. The predicted molar refractivity (Wildman–Crippen MR) is 82.5 cm³/mol. The zero-order chi connectivity index (χ0) is 13.6. The lowest BCUT2D eigenvalue weighted by atomic mass is 9.95. The minimum Gasteiger partial charge on any atom is -0.351 e. The van der Waals surface area contributed by atoms with Crippen LogP contribution in [0, 0.1) is 0 Å². The molecule has 0 aliphatic heterocycles. The van der Waals surface area contributed by atoms with Crippen molar-refractivity contribution >= 4 is 18.3 Å². The van der Waals surface area contributed by atoms with E-state index in [-0.39, 0.29) is 29.9 Å². The number of rotatable bonds is 6. The molecule has 108 valence electrons. The van der Waals surface area contributed by atoms with Crippen molar-refractivity contribution in [2.45, 2.75) is 51.6 Å². The standard InChI is InChI=1S/C15H24N2O.ClH/c1-12(16)11-14(18)17-15(2,3)10-9-13-7-5-4-6-8-13;/h4-8,12H,9-11,16H2,1-3H3,(H,17,18);1H. The number of benzene rings is 1. The van der Waals surface area contributed by atoms with E-state index in [0.29, 0.717) is 6.42 Å². The van der Waals surface area contributed by atoms with E-state index in [0.717, 1.165) is 12.8 Å². The highest BCUT2D eigenvalue weighted by Crippen LogP contribution is 2.13. The maximum atomic E-state index is 11.7. The summed E-state index contributed by atoms with van der Waals surface area (Å²) in [4.78, 5) is 11.7. The van der Waals surface area contributed by atoms with Gasteiger partial charge in [-0.1, -0.05) is 30.3 Å². The van der Waals surface area contributed by atoms with Gasteiger partial charge in [-0.2, -0.15) is 0 Å². The molecule has 0 aliphatic carbocycles. The minimum atomic E-state index is -0.193. The maximum absolute atomic E-state index is 11.7. The van der Waals surface area contributed by atoms with Gasteiger partial charge in [0, 0.05) is 18.0 Å². The molecule has 0 radical (unpaired) electrons. The first-order chi connectivity index (χ1) is 8.39. The Balaban J connectivity index is 0.00000324. The smallest absolute Gasteiger partial charge is 0.221 e. The Morgan fingerprint density at radius 2 is 1.89 bits per heavy atom. The van der Waals surface area contributed by atoms with Gasteiger partial charge in [0.1, 0.15) is 0 Å². The summed E-state index contributed by atoms with van der Waals surface area (Å²) in [6.45, 7) is 5.95. The van der Waals surface area contributed by atoms with Crippen LogP contribution in [0.4, 0.5) is 0 Å². The van der Waals surface area contributed by atoms with Gasteiger partial charge in [0.2, 0.25) is 5.91 Å². The molecule has 1 rings (SSSR count). The fourth-order valence-corrected chi connectivity index (χ4v) is 1.88. The zero-order valence-electron chi connectivity index (χ0n) is 12.0. The van der Waals surface area contributed by atoms with Gasteiger partial charge in [-0.25, -0.2) is 0 Å². The van der Waals surface area contributed by atoms with E-state index in [2.05, 4.69) is 31.3 Å². The van der Waals surface area contributed by atoms with Gasteiger partial charge >= 0.3 is 0 Å². The molecule has 0 saturated heterocycles. The fraction of sp³-hybridized carbons (Fsp3) is 0.533. The second kappa shape index (κ2) is 8.18. The summed E-state index contributed by atoms with van der Waals surface area (Å²) in [7, 11) is 0. The Kier molecular flexibility index (Phi) is 7.72. The molecule has 1 aromatic carbocycles. The molecule has 19 heavy (non-hydrogen) atoms. The molecule has 0 heterocycles. The van der Waals surface area contributed by atoms with E-state index in [1.807, 2.05) is 25.1 Å². The molecule has 0 saturated carbocycles. The van der Waals surface area contributed by atoms with Crippen LogP contribution in [-0.2, 0) is 11.2 Å². The normalized spacial score (nSPS) is 12.4. The van der Waals surface area contributed by atoms with E-state index in [1.165, 1.54) is 5.56 Å². The van der Waals surface area contributed by atoms with Crippen LogP contribution in [-0.4, -0.2) is 17.5 Å². The topological polar surface area (TPSA) is 55.1 Å². The SMILES string of the molecule is CC(N)CC(=O)NC(C)(C)CCc1ccccc1.Cl. The average molecular weight is 285 g/mol. The van der Waals surface area contributed by atoms with Crippen molar-refractivity contribution in [1.82, 2.24) is 5.32 Å². The molecule has 0 aromatic heterocycles. The number of hydrogen-bond acceptors (Lipinski definition) is 2. The van der Waals surface area contributed by atoms with Crippen molar-refractivity contribution in [3.8, 4) is 0 Å². The largest absolute Gasteiger partial charge is 0.351 e. The number of aryl methyl sites for hydroxylation is 1. The summed E-state index contributed by atoms with van der Waals surface area (Å²) in [6, 6.07) is 10.2. The van der Waals surface area contributed by atoms with Crippen LogP contribution in [0.2, 0.25) is 0 Å². The van der Waals surface area contributed by atoms with Crippen LogP contribution in [0.25, 0.3) is 0 Å². The summed E-state index contributed by atoms with van der Waals surface area (Å²) < 4.78 is 0.